The Kier molecular flexibility index (Phi) is 5.65. The standard InChI is InChI=1S/C21H28N2O2S/c24-18-8-12-23(13-9-18)21(25)16-4-6-19(7-5-16)26-20-14-17(15-20)22-10-2-1-3-11-22/h4-7,17,20H,1-3,8-15H2/t17-,20-. The van der Waals surface area contributed by atoms with Crippen molar-refractivity contribution < 1.29 is 9.59 Å². The summed E-state index contributed by atoms with van der Waals surface area (Å²) < 4.78 is 0. The molecule has 1 aromatic rings. The predicted octanol–water partition coefficient (Wildman–Crippen LogP) is 3.60. The number of ketones is 1. The third-order valence-electron chi connectivity index (χ3n) is 5.99. The van der Waals surface area contributed by atoms with Gasteiger partial charge in [-0.3, -0.25) is 9.59 Å². The molecule has 4 rings (SSSR count). The lowest BCUT2D eigenvalue weighted by atomic mass is 9.89. The highest BCUT2D eigenvalue weighted by atomic mass is 32.2. The second-order valence-corrected chi connectivity index (χ2v) is 9.19. The van der Waals surface area contributed by atoms with Crippen LogP contribution in [-0.4, -0.2) is 59.0 Å². The molecule has 2 saturated heterocycles. The van der Waals surface area contributed by atoms with Crippen molar-refractivity contribution in [1.29, 1.82) is 0 Å². The fraction of sp³-hybridized carbons (Fsp3) is 0.619. The van der Waals surface area contributed by atoms with Crippen molar-refractivity contribution in [1.82, 2.24) is 9.80 Å². The molecule has 1 aliphatic carbocycles. The molecule has 0 unspecified atom stereocenters. The summed E-state index contributed by atoms with van der Waals surface area (Å²) in [5.74, 6) is 0.326. The number of Topliss-reactive ketones (excluding diaryl/α,β-unsaturated/α-hetero) is 1. The number of amides is 1. The van der Waals surface area contributed by atoms with Gasteiger partial charge in [0.05, 0.1) is 0 Å². The van der Waals surface area contributed by atoms with Gasteiger partial charge in [0.15, 0.2) is 0 Å². The van der Waals surface area contributed by atoms with Gasteiger partial charge in [-0.15, -0.1) is 11.8 Å². The first-order valence-corrected chi connectivity index (χ1v) is 10.9. The van der Waals surface area contributed by atoms with E-state index in [0.717, 1.165) is 16.9 Å². The smallest absolute Gasteiger partial charge is 0.253 e. The Morgan fingerprint density at radius 1 is 0.923 bits per heavy atom. The van der Waals surface area contributed by atoms with Crippen molar-refractivity contribution in [3.05, 3.63) is 29.8 Å². The zero-order valence-electron chi connectivity index (χ0n) is 15.4. The maximum atomic E-state index is 12.5. The second-order valence-electron chi connectivity index (χ2n) is 7.82. The quantitative estimate of drug-likeness (QED) is 0.810. The summed E-state index contributed by atoms with van der Waals surface area (Å²) in [7, 11) is 0. The molecule has 1 amide bonds. The monoisotopic (exact) mass is 372 g/mol. The Balaban J connectivity index is 1.26. The van der Waals surface area contributed by atoms with Gasteiger partial charge < -0.3 is 9.80 Å². The maximum absolute atomic E-state index is 12.5. The molecule has 0 radical (unpaired) electrons. The topological polar surface area (TPSA) is 40.6 Å². The molecule has 3 fully saturated rings. The highest BCUT2D eigenvalue weighted by Gasteiger charge is 2.34. The fourth-order valence-corrected chi connectivity index (χ4v) is 5.54. The number of nitrogens with zero attached hydrogens (tertiary/aromatic N) is 2. The van der Waals surface area contributed by atoms with Gasteiger partial charge in [0, 0.05) is 47.7 Å². The minimum Gasteiger partial charge on any atom is -0.338 e. The van der Waals surface area contributed by atoms with Crippen molar-refractivity contribution in [3.8, 4) is 0 Å². The molecule has 2 aliphatic heterocycles. The van der Waals surface area contributed by atoms with E-state index in [0.29, 0.717) is 25.9 Å². The summed E-state index contributed by atoms with van der Waals surface area (Å²) in [6, 6.07) is 8.86. The van der Waals surface area contributed by atoms with E-state index in [1.807, 2.05) is 23.9 Å². The van der Waals surface area contributed by atoms with E-state index in [-0.39, 0.29) is 11.7 Å². The fourth-order valence-electron chi connectivity index (χ4n) is 4.23. The molecule has 0 spiro atoms. The van der Waals surface area contributed by atoms with Crippen molar-refractivity contribution >= 4 is 23.5 Å². The first-order valence-electron chi connectivity index (χ1n) is 10.0. The van der Waals surface area contributed by atoms with Crippen molar-refractivity contribution in [2.24, 2.45) is 0 Å². The van der Waals surface area contributed by atoms with Gasteiger partial charge in [-0.05, 0) is 63.0 Å². The molecule has 140 valence electrons. The van der Waals surface area contributed by atoms with E-state index in [1.54, 1.807) is 4.90 Å². The first kappa shape index (κ1) is 18.1. The number of hydrogen-bond acceptors (Lipinski definition) is 4. The van der Waals surface area contributed by atoms with Gasteiger partial charge in [-0.2, -0.15) is 0 Å². The predicted molar refractivity (Wildman–Crippen MR) is 105 cm³/mol. The molecule has 3 aliphatic rings. The lowest BCUT2D eigenvalue weighted by Crippen LogP contribution is -2.48. The van der Waals surface area contributed by atoms with Gasteiger partial charge in [-0.25, -0.2) is 0 Å². The highest BCUT2D eigenvalue weighted by molar-refractivity contribution is 8.00. The van der Waals surface area contributed by atoms with Gasteiger partial charge in [0.2, 0.25) is 0 Å². The number of likely N-dealkylation sites (tertiary alicyclic amines) is 2. The van der Waals surface area contributed by atoms with Crippen LogP contribution in [0.25, 0.3) is 0 Å². The van der Waals surface area contributed by atoms with Crippen LogP contribution in [0.15, 0.2) is 29.2 Å². The van der Waals surface area contributed by atoms with Crippen LogP contribution in [0.3, 0.4) is 0 Å². The van der Waals surface area contributed by atoms with E-state index >= 15 is 0 Å². The number of piperidine rings is 2. The largest absolute Gasteiger partial charge is 0.338 e. The Labute approximate surface area is 160 Å². The van der Waals surface area contributed by atoms with Gasteiger partial charge in [0.25, 0.3) is 5.91 Å². The average molecular weight is 373 g/mol. The number of thioether (sulfide) groups is 1. The van der Waals surface area contributed by atoms with Crippen LogP contribution in [0.4, 0.5) is 0 Å². The SMILES string of the molecule is O=C1CCN(C(=O)c2ccc(S[C@H]3C[C@H](N4CCCCC4)C3)cc2)CC1. The number of carbonyl (C=O) groups is 2. The highest BCUT2D eigenvalue weighted by Crippen LogP contribution is 2.39. The summed E-state index contributed by atoms with van der Waals surface area (Å²) in [4.78, 5) is 29.6. The Morgan fingerprint density at radius 3 is 2.23 bits per heavy atom. The Bertz CT molecular complexity index is 638. The summed E-state index contributed by atoms with van der Waals surface area (Å²) in [5, 5.41) is 0.719. The summed E-state index contributed by atoms with van der Waals surface area (Å²) >= 11 is 1.96. The van der Waals surface area contributed by atoms with Gasteiger partial charge in [0.1, 0.15) is 5.78 Å². The Morgan fingerprint density at radius 2 is 1.58 bits per heavy atom. The molecule has 1 saturated carbocycles. The van der Waals surface area contributed by atoms with Crippen LogP contribution in [0.1, 0.15) is 55.3 Å². The van der Waals surface area contributed by atoms with Crippen LogP contribution in [0.2, 0.25) is 0 Å². The molecule has 0 N–H and O–H groups in total. The molecule has 0 aromatic heterocycles. The summed E-state index contributed by atoms with van der Waals surface area (Å²) in [5.41, 5.74) is 0.739. The van der Waals surface area contributed by atoms with Gasteiger partial charge >= 0.3 is 0 Å². The van der Waals surface area contributed by atoms with E-state index in [4.69, 9.17) is 0 Å². The molecule has 1 aromatic carbocycles. The summed E-state index contributed by atoms with van der Waals surface area (Å²) in [6.45, 7) is 3.71. The van der Waals surface area contributed by atoms with Crippen molar-refractivity contribution in [3.63, 3.8) is 0 Å². The molecule has 2 heterocycles. The van der Waals surface area contributed by atoms with Gasteiger partial charge in [-0.1, -0.05) is 6.42 Å². The molecule has 0 atom stereocenters. The van der Waals surface area contributed by atoms with Crippen molar-refractivity contribution in [2.75, 3.05) is 26.2 Å². The number of benzene rings is 1. The lowest BCUT2D eigenvalue weighted by molar-refractivity contribution is -0.120. The third-order valence-corrected chi connectivity index (χ3v) is 7.25. The van der Waals surface area contributed by atoms with Crippen LogP contribution in [0.5, 0.6) is 0 Å². The third kappa shape index (κ3) is 4.15. The number of carbonyl (C=O) groups excluding carboxylic acids is 2. The minimum atomic E-state index is 0.0582. The first-order chi connectivity index (χ1) is 12.7. The minimum absolute atomic E-state index is 0.0582. The maximum Gasteiger partial charge on any atom is 0.253 e. The number of rotatable bonds is 4. The van der Waals surface area contributed by atoms with Crippen LogP contribution >= 0.6 is 11.8 Å². The molecule has 5 heteroatoms. The van der Waals surface area contributed by atoms with Crippen LogP contribution in [0, 0.1) is 0 Å². The molecule has 4 nitrogen and oxygen atoms in total. The molecule has 0 bridgehead atoms. The van der Waals surface area contributed by atoms with E-state index in [9.17, 15) is 9.59 Å². The Hall–Kier alpha value is -1.33. The van der Waals surface area contributed by atoms with Crippen LogP contribution in [-0.2, 0) is 4.79 Å². The zero-order chi connectivity index (χ0) is 17.9. The molecule has 26 heavy (non-hydrogen) atoms. The molecular formula is C21H28N2O2S. The zero-order valence-corrected chi connectivity index (χ0v) is 16.2. The molecular weight excluding hydrogens is 344 g/mol. The second kappa shape index (κ2) is 8.13. The number of hydrogen-bond donors (Lipinski definition) is 0. The van der Waals surface area contributed by atoms with Crippen molar-refractivity contribution in [2.45, 2.75) is 61.1 Å². The lowest BCUT2D eigenvalue weighted by Gasteiger charge is -2.44. The normalized spacial score (nSPS) is 27.2. The van der Waals surface area contributed by atoms with E-state index in [2.05, 4.69) is 17.0 Å². The van der Waals surface area contributed by atoms with E-state index in [1.165, 1.54) is 50.1 Å². The average Bonchev–Trinajstić information content (AvgIpc) is 2.65. The van der Waals surface area contributed by atoms with Crippen LogP contribution < -0.4 is 0 Å². The summed E-state index contributed by atoms with van der Waals surface area (Å²) in [6.07, 6.45) is 7.74. The van der Waals surface area contributed by atoms with E-state index < -0.39 is 0 Å².